The second kappa shape index (κ2) is 7.53. The van der Waals surface area contributed by atoms with Crippen molar-refractivity contribution < 1.29 is 0 Å². The SMILES string of the molecule is CN=C(NCc1csc(N(C)C)n1)NC1CC1c1ccc(Br)cc1. The van der Waals surface area contributed by atoms with E-state index in [4.69, 9.17) is 0 Å². The van der Waals surface area contributed by atoms with Gasteiger partial charge in [0.05, 0.1) is 12.2 Å². The van der Waals surface area contributed by atoms with Crippen molar-refractivity contribution in [2.45, 2.75) is 24.9 Å². The molecule has 1 aromatic carbocycles. The Morgan fingerprint density at radius 1 is 1.38 bits per heavy atom. The molecule has 1 aromatic heterocycles. The number of benzene rings is 1. The van der Waals surface area contributed by atoms with Crippen LogP contribution in [0.1, 0.15) is 23.6 Å². The molecule has 0 aliphatic heterocycles. The summed E-state index contributed by atoms with van der Waals surface area (Å²) in [5, 5.41) is 9.94. The van der Waals surface area contributed by atoms with Crippen LogP contribution in [-0.4, -0.2) is 38.1 Å². The van der Waals surface area contributed by atoms with Crippen LogP contribution >= 0.6 is 27.3 Å². The Kier molecular flexibility index (Phi) is 5.40. The summed E-state index contributed by atoms with van der Waals surface area (Å²) >= 11 is 5.13. The first-order valence-electron chi connectivity index (χ1n) is 7.91. The van der Waals surface area contributed by atoms with E-state index in [-0.39, 0.29) is 0 Å². The third-order valence-electron chi connectivity index (χ3n) is 3.99. The molecule has 1 aliphatic rings. The fraction of sp³-hybridized carbons (Fsp3) is 0.412. The van der Waals surface area contributed by atoms with E-state index in [0.717, 1.165) is 27.7 Å². The molecule has 1 heterocycles. The number of halogens is 1. The van der Waals surface area contributed by atoms with Gasteiger partial charge in [-0.3, -0.25) is 4.99 Å². The minimum absolute atomic E-state index is 0.449. The van der Waals surface area contributed by atoms with Crippen molar-refractivity contribution in [1.29, 1.82) is 0 Å². The molecule has 3 rings (SSSR count). The number of aromatic nitrogens is 1. The lowest BCUT2D eigenvalue weighted by Crippen LogP contribution is -2.38. The first-order chi connectivity index (χ1) is 11.6. The molecular weight excluding hydrogens is 386 g/mol. The average molecular weight is 408 g/mol. The molecule has 1 fully saturated rings. The van der Waals surface area contributed by atoms with Gasteiger partial charge >= 0.3 is 0 Å². The number of aliphatic imine (C=N–C) groups is 1. The highest BCUT2D eigenvalue weighted by Crippen LogP contribution is 2.40. The summed E-state index contributed by atoms with van der Waals surface area (Å²) < 4.78 is 1.12. The summed E-state index contributed by atoms with van der Waals surface area (Å²) in [6.45, 7) is 0.680. The predicted octanol–water partition coefficient (Wildman–Crippen LogP) is 3.19. The number of hydrogen-bond donors (Lipinski definition) is 2. The lowest BCUT2D eigenvalue weighted by Gasteiger charge is -2.11. The van der Waals surface area contributed by atoms with Gasteiger partial charge in [-0.2, -0.15) is 0 Å². The third kappa shape index (κ3) is 4.27. The molecule has 128 valence electrons. The standard InChI is InChI=1S/C17H22BrN5S/c1-19-16(20-9-13-10-24-17(21-13)23(2)3)22-15-8-14(15)11-4-6-12(18)7-5-11/h4-7,10,14-15H,8-9H2,1-3H3,(H2,19,20,22). The van der Waals surface area contributed by atoms with E-state index in [2.05, 4.69) is 66.2 Å². The molecule has 2 aromatic rings. The predicted molar refractivity (Wildman–Crippen MR) is 105 cm³/mol. The van der Waals surface area contributed by atoms with Crippen LogP contribution < -0.4 is 15.5 Å². The van der Waals surface area contributed by atoms with Crippen LogP contribution in [-0.2, 0) is 6.54 Å². The molecule has 1 saturated carbocycles. The van der Waals surface area contributed by atoms with Crippen molar-refractivity contribution in [1.82, 2.24) is 15.6 Å². The van der Waals surface area contributed by atoms with E-state index in [0.29, 0.717) is 18.5 Å². The molecule has 5 nitrogen and oxygen atoms in total. The van der Waals surface area contributed by atoms with E-state index < -0.39 is 0 Å². The fourth-order valence-corrected chi connectivity index (χ4v) is 3.58. The Hall–Kier alpha value is -1.60. The first kappa shape index (κ1) is 17.2. The normalized spacial score (nSPS) is 19.9. The number of rotatable bonds is 5. The van der Waals surface area contributed by atoms with Crippen molar-refractivity contribution in [3.05, 3.63) is 45.4 Å². The van der Waals surface area contributed by atoms with Crippen molar-refractivity contribution in [2.75, 3.05) is 26.0 Å². The Balaban J connectivity index is 1.50. The van der Waals surface area contributed by atoms with Gasteiger partial charge < -0.3 is 15.5 Å². The number of guanidine groups is 1. The van der Waals surface area contributed by atoms with Crippen LogP contribution in [0.5, 0.6) is 0 Å². The van der Waals surface area contributed by atoms with Gasteiger partial charge in [0.1, 0.15) is 0 Å². The lowest BCUT2D eigenvalue weighted by atomic mass is 10.1. The molecule has 0 spiro atoms. The minimum Gasteiger partial charge on any atom is -0.354 e. The maximum Gasteiger partial charge on any atom is 0.191 e. The lowest BCUT2D eigenvalue weighted by molar-refractivity contribution is 0.781. The highest BCUT2D eigenvalue weighted by Gasteiger charge is 2.38. The highest BCUT2D eigenvalue weighted by molar-refractivity contribution is 9.10. The Labute approximate surface area is 155 Å². The molecule has 24 heavy (non-hydrogen) atoms. The van der Waals surface area contributed by atoms with Crippen molar-refractivity contribution in [3.8, 4) is 0 Å². The fourth-order valence-electron chi connectivity index (χ4n) is 2.56. The van der Waals surface area contributed by atoms with Crippen LogP contribution in [0.4, 0.5) is 5.13 Å². The summed E-state index contributed by atoms with van der Waals surface area (Å²) in [6.07, 6.45) is 1.14. The summed E-state index contributed by atoms with van der Waals surface area (Å²) in [4.78, 5) is 10.9. The van der Waals surface area contributed by atoms with Crippen LogP contribution in [0, 0.1) is 0 Å². The first-order valence-corrected chi connectivity index (χ1v) is 9.58. The van der Waals surface area contributed by atoms with E-state index in [9.17, 15) is 0 Å². The molecule has 7 heteroatoms. The molecule has 1 aliphatic carbocycles. The Morgan fingerprint density at radius 3 is 2.75 bits per heavy atom. The monoisotopic (exact) mass is 407 g/mol. The zero-order valence-electron chi connectivity index (χ0n) is 14.1. The van der Waals surface area contributed by atoms with Crippen molar-refractivity contribution in [3.63, 3.8) is 0 Å². The molecule has 2 atom stereocenters. The molecule has 0 saturated heterocycles. The van der Waals surface area contributed by atoms with Gasteiger partial charge in [-0.05, 0) is 24.1 Å². The molecule has 0 amide bonds. The highest BCUT2D eigenvalue weighted by atomic mass is 79.9. The van der Waals surface area contributed by atoms with E-state index in [1.807, 2.05) is 19.0 Å². The summed E-state index contributed by atoms with van der Waals surface area (Å²) in [7, 11) is 5.82. The van der Waals surface area contributed by atoms with Gasteiger partial charge in [0.2, 0.25) is 0 Å². The minimum atomic E-state index is 0.449. The van der Waals surface area contributed by atoms with Crippen LogP contribution in [0.2, 0.25) is 0 Å². The summed E-state index contributed by atoms with van der Waals surface area (Å²) in [6, 6.07) is 9.02. The number of nitrogens with one attached hydrogen (secondary N) is 2. The topological polar surface area (TPSA) is 52.6 Å². The Morgan fingerprint density at radius 2 is 2.12 bits per heavy atom. The van der Waals surface area contributed by atoms with Gasteiger partial charge in [0, 0.05) is 43.0 Å². The van der Waals surface area contributed by atoms with Gasteiger partial charge in [0.25, 0.3) is 0 Å². The smallest absolute Gasteiger partial charge is 0.191 e. The van der Waals surface area contributed by atoms with E-state index >= 15 is 0 Å². The summed E-state index contributed by atoms with van der Waals surface area (Å²) in [5.41, 5.74) is 2.41. The second-order valence-corrected chi connectivity index (χ2v) is 7.84. The zero-order chi connectivity index (χ0) is 17.1. The zero-order valence-corrected chi connectivity index (χ0v) is 16.5. The van der Waals surface area contributed by atoms with Crippen LogP contribution in [0.25, 0.3) is 0 Å². The molecule has 2 N–H and O–H groups in total. The van der Waals surface area contributed by atoms with Crippen molar-refractivity contribution in [2.24, 2.45) is 4.99 Å². The Bertz CT molecular complexity index is 710. The quantitative estimate of drug-likeness (QED) is 0.590. The third-order valence-corrected chi connectivity index (χ3v) is 5.58. The molecule has 2 unspecified atom stereocenters. The van der Waals surface area contributed by atoms with Gasteiger partial charge in [-0.15, -0.1) is 11.3 Å². The molecule has 0 bridgehead atoms. The number of anilines is 1. The van der Waals surface area contributed by atoms with Crippen LogP contribution in [0.3, 0.4) is 0 Å². The molecular formula is C17H22BrN5S. The maximum atomic E-state index is 4.58. The van der Waals surface area contributed by atoms with Gasteiger partial charge in [0.15, 0.2) is 11.1 Å². The van der Waals surface area contributed by atoms with E-state index in [1.165, 1.54) is 5.56 Å². The largest absolute Gasteiger partial charge is 0.354 e. The van der Waals surface area contributed by atoms with Crippen molar-refractivity contribution >= 4 is 38.4 Å². The second-order valence-electron chi connectivity index (χ2n) is 6.09. The van der Waals surface area contributed by atoms with E-state index in [1.54, 1.807) is 18.4 Å². The number of thiazole rings is 1. The van der Waals surface area contributed by atoms with Crippen LogP contribution in [0.15, 0.2) is 39.1 Å². The average Bonchev–Trinajstić information content (AvgIpc) is 3.16. The number of hydrogen-bond acceptors (Lipinski definition) is 4. The van der Waals surface area contributed by atoms with Gasteiger partial charge in [-0.25, -0.2) is 4.98 Å². The van der Waals surface area contributed by atoms with Gasteiger partial charge in [-0.1, -0.05) is 28.1 Å². The number of nitrogens with zero attached hydrogens (tertiary/aromatic N) is 3. The maximum absolute atomic E-state index is 4.58. The summed E-state index contributed by atoms with van der Waals surface area (Å²) in [5.74, 6) is 1.40. The molecule has 0 radical (unpaired) electrons.